The number of methoxy groups -OCH3 is 1. The highest BCUT2D eigenvalue weighted by atomic mass is 16.5. The molecular weight excluding hydrogens is 514 g/mol. The van der Waals surface area contributed by atoms with Crippen LogP contribution in [0.1, 0.15) is 22.4 Å². The Bertz CT molecular complexity index is 1450. The van der Waals surface area contributed by atoms with Crippen molar-refractivity contribution in [3.63, 3.8) is 0 Å². The molecule has 4 aromatic rings. The molecule has 8 nitrogen and oxygen atoms in total. The zero-order chi connectivity index (χ0) is 29.2. The first-order valence-corrected chi connectivity index (χ1v) is 13.6. The number of ether oxygens (including phenoxy) is 1. The van der Waals surface area contributed by atoms with Crippen LogP contribution < -0.4 is 0 Å². The Morgan fingerprint density at radius 3 is 2.37 bits per heavy atom. The topological polar surface area (TPSA) is 80.6 Å². The van der Waals surface area contributed by atoms with Gasteiger partial charge in [0, 0.05) is 69.8 Å². The maximum Gasteiger partial charge on any atom is 0.247 e. The summed E-state index contributed by atoms with van der Waals surface area (Å²) in [4.78, 5) is 35.5. The van der Waals surface area contributed by atoms with Crippen molar-refractivity contribution in [3.8, 4) is 11.3 Å². The maximum atomic E-state index is 13.9. The highest BCUT2D eigenvalue weighted by Gasteiger charge is 2.31. The Hall–Kier alpha value is -4.56. The second-order valence-electron chi connectivity index (χ2n) is 9.98. The van der Waals surface area contributed by atoms with Gasteiger partial charge in [-0.3, -0.25) is 19.3 Å². The van der Waals surface area contributed by atoms with Gasteiger partial charge < -0.3 is 14.5 Å². The molecule has 0 spiro atoms. The summed E-state index contributed by atoms with van der Waals surface area (Å²) in [6.45, 7) is 3.04. The van der Waals surface area contributed by atoms with Crippen LogP contribution in [0.25, 0.3) is 17.3 Å². The van der Waals surface area contributed by atoms with Crippen LogP contribution in [0, 0.1) is 6.92 Å². The van der Waals surface area contributed by atoms with Gasteiger partial charge in [-0.15, -0.1) is 0 Å². The molecule has 2 aromatic carbocycles. The quantitative estimate of drug-likeness (QED) is 0.242. The number of carbonyl (C=O) groups is 2. The largest absolute Gasteiger partial charge is 0.383 e. The van der Waals surface area contributed by atoms with E-state index in [-0.39, 0.29) is 18.4 Å². The Balaban J connectivity index is 1.69. The predicted molar refractivity (Wildman–Crippen MR) is 161 cm³/mol. The molecule has 0 fully saturated rings. The number of aryl methyl sites for hydroxylation is 1. The number of likely N-dealkylation sites (N-methyl/N-ethyl adjacent to an activating group) is 1. The van der Waals surface area contributed by atoms with E-state index < -0.39 is 6.04 Å². The molecule has 0 aliphatic carbocycles. The molecule has 0 unspecified atom stereocenters. The number of hydrogen-bond acceptors (Lipinski definition) is 5. The van der Waals surface area contributed by atoms with Gasteiger partial charge in [0.1, 0.15) is 6.04 Å². The van der Waals surface area contributed by atoms with Gasteiger partial charge in [0.2, 0.25) is 11.8 Å². The van der Waals surface area contributed by atoms with Crippen LogP contribution in [0.4, 0.5) is 0 Å². The molecule has 0 aliphatic heterocycles. The van der Waals surface area contributed by atoms with E-state index in [1.165, 1.54) is 6.08 Å². The maximum absolute atomic E-state index is 13.9. The van der Waals surface area contributed by atoms with Gasteiger partial charge in [-0.25, -0.2) is 0 Å². The molecule has 0 bridgehead atoms. The second-order valence-corrected chi connectivity index (χ2v) is 9.98. The number of pyridine rings is 1. The van der Waals surface area contributed by atoms with E-state index in [1.54, 1.807) is 47.1 Å². The molecule has 0 saturated carbocycles. The second kappa shape index (κ2) is 14.2. The van der Waals surface area contributed by atoms with Crippen LogP contribution in [0.15, 0.2) is 91.3 Å². The number of rotatable bonds is 12. The fourth-order valence-corrected chi connectivity index (χ4v) is 4.55. The molecule has 2 amide bonds. The van der Waals surface area contributed by atoms with Gasteiger partial charge in [-0.2, -0.15) is 5.10 Å². The molecule has 2 aromatic heterocycles. The normalized spacial score (nSPS) is 11.9. The Morgan fingerprint density at radius 2 is 1.73 bits per heavy atom. The van der Waals surface area contributed by atoms with E-state index >= 15 is 0 Å². The van der Waals surface area contributed by atoms with Crippen molar-refractivity contribution in [2.24, 2.45) is 7.05 Å². The molecule has 0 radical (unpaired) electrons. The first-order valence-electron chi connectivity index (χ1n) is 13.6. The molecule has 0 saturated heterocycles. The highest BCUT2D eigenvalue weighted by Crippen LogP contribution is 2.21. The van der Waals surface area contributed by atoms with Crippen LogP contribution in [-0.4, -0.2) is 69.7 Å². The lowest BCUT2D eigenvalue weighted by Gasteiger charge is -2.33. The van der Waals surface area contributed by atoms with Crippen molar-refractivity contribution in [3.05, 3.63) is 114 Å². The highest BCUT2D eigenvalue weighted by molar-refractivity contribution is 5.95. The Labute approximate surface area is 241 Å². The smallest absolute Gasteiger partial charge is 0.247 e. The monoisotopic (exact) mass is 551 g/mol. The molecular formula is C33H37N5O3. The van der Waals surface area contributed by atoms with Gasteiger partial charge in [-0.1, -0.05) is 60.7 Å². The molecule has 8 heteroatoms. The molecule has 1 atom stereocenters. The van der Waals surface area contributed by atoms with E-state index in [0.29, 0.717) is 19.6 Å². The van der Waals surface area contributed by atoms with Gasteiger partial charge in [0.15, 0.2) is 0 Å². The van der Waals surface area contributed by atoms with E-state index in [1.807, 2.05) is 86.8 Å². The van der Waals surface area contributed by atoms with Crippen LogP contribution in [0.2, 0.25) is 0 Å². The predicted octanol–water partition coefficient (Wildman–Crippen LogP) is 4.55. The summed E-state index contributed by atoms with van der Waals surface area (Å²) in [5, 5.41) is 4.27. The first kappa shape index (κ1) is 29.4. The number of carbonyl (C=O) groups excluding carboxylic acids is 2. The van der Waals surface area contributed by atoms with Crippen molar-refractivity contribution < 1.29 is 14.3 Å². The standard InChI is InChI=1S/C33H37N5O3/c1-25-29(23-35-37(25)3)17-18-32(39)38(24-27-13-15-28(16-14-27)30-12-8-9-19-34-30)31(22-26-10-6-5-7-11-26)33(40)36(2)20-21-41-4/h5-19,23,31H,20-22,24H2,1-4H3/t31-/m0/s1. The molecule has 2 heterocycles. The van der Waals surface area contributed by atoms with Crippen LogP contribution >= 0.6 is 0 Å². The van der Waals surface area contributed by atoms with E-state index in [2.05, 4.69) is 10.1 Å². The third kappa shape index (κ3) is 7.77. The van der Waals surface area contributed by atoms with E-state index in [4.69, 9.17) is 4.74 Å². The molecule has 0 N–H and O–H groups in total. The summed E-state index contributed by atoms with van der Waals surface area (Å²) in [6, 6.07) is 22.8. The van der Waals surface area contributed by atoms with Crippen molar-refractivity contribution in [2.75, 3.05) is 27.3 Å². The zero-order valence-corrected chi connectivity index (χ0v) is 24.1. The van der Waals surface area contributed by atoms with Crippen molar-refractivity contribution in [1.29, 1.82) is 0 Å². The van der Waals surface area contributed by atoms with Crippen LogP contribution in [0.5, 0.6) is 0 Å². The summed E-state index contributed by atoms with van der Waals surface area (Å²) in [5.41, 5.74) is 5.54. The average molecular weight is 552 g/mol. The third-order valence-electron chi connectivity index (χ3n) is 7.17. The Morgan fingerprint density at radius 1 is 1.00 bits per heavy atom. The van der Waals surface area contributed by atoms with Crippen molar-refractivity contribution in [1.82, 2.24) is 24.6 Å². The SMILES string of the molecule is COCCN(C)C(=O)[C@H](Cc1ccccc1)N(Cc1ccc(-c2ccccn2)cc1)C(=O)C=Cc1cnn(C)c1C. The van der Waals surface area contributed by atoms with Gasteiger partial charge in [0.05, 0.1) is 18.5 Å². The fourth-order valence-electron chi connectivity index (χ4n) is 4.55. The number of nitrogens with zero attached hydrogens (tertiary/aromatic N) is 5. The Kier molecular flexibility index (Phi) is 10.2. The molecule has 41 heavy (non-hydrogen) atoms. The minimum absolute atomic E-state index is 0.143. The summed E-state index contributed by atoms with van der Waals surface area (Å²) >= 11 is 0. The lowest BCUT2D eigenvalue weighted by Crippen LogP contribution is -2.51. The summed E-state index contributed by atoms with van der Waals surface area (Å²) in [5.74, 6) is -0.396. The van der Waals surface area contributed by atoms with Crippen molar-refractivity contribution in [2.45, 2.75) is 25.9 Å². The molecule has 212 valence electrons. The molecule has 0 aliphatic rings. The number of benzene rings is 2. The number of aromatic nitrogens is 3. The minimum Gasteiger partial charge on any atom is -0.383 e. The lowest BCUT2D eigenvalue weighted by atomic mass is 10.0. The summed E-state index contributed by atoms with van der Waals surface area (Å²) < 4.78 is 6.98. The minimum atomic E-state index is -0.720. The van der Waals surface area contributed by atoms with Crippen LogP contribution in [0.3, 0.4) is 0 Å². The lowest BCUT2D eigenvalue weighted by molar-refractivity contribution is -0.143. The van der Waals surface area contributed by atoms with Crippen molar-refractivity contribution >= 4 is 17.9 Å². The first-order chi connectivity index (χ1) is 19.9. The van der Waals surface area contributed by atoms with Crippen LogP contribution in [-0.2, 0) is 34.3 Å². The van der Waals surface area contributed by atoms with E-state index in [0.717, 1.165) is 33.6 Å². The van der Waals surface area contributed by atoms with Gasteiger partial charge in [0.25, 0.3) is 0 Å². The number of amides is 2. The third-order valence-corrected chi connectivity index (χ3v) is 7.17. The summed E-state index contributed by atoms with van der Waals surface area (Å²) in [6.07, 6.45) is 7.17. The molecule has 4 rings (SSSR count). The van der Waals surface area contributed by atoms with Gasteiger partial charge >= 0.3 is 0 Å². The van der Waals surface area contributed by atoms with Gasteiger partial charge in [-0.05, 0) is 36.3 Å². The zero-order valence-electron chi connectivity index (χ0n) is 24.1. The number of hydrogen-bond donors (Lipinski definition) is 0. The average Bonchev–Trinajstić information content (AvgIpc) is 3.33. The van der Waals surface area contributed by atoms with E-state index in [9.17, 15) is 9.59 Å². The fraction of sp³-hybridized carbons (Fsp3) is 0.273. The summed E-state index contributed by atoms with van der Waals surface area (Å²) in [7, 11) is 5.22.